The van der Waals surface area contributed by atoms with Gasteiger partial charge < -0.3 is 10.0 Å². The minimum absolute atomic E-state index is 0.143. The maximum absolute atomic E-state index is 15.4. The lowest BCUT2D eigenvalue weighted by molar-refractivity contribution is -0.136. The molecule has 2 atom stereocenters. The van der Waals surface area contributed by atoms with Crippen molar-refractivity contribution in [3.8, 4) is 11.3 Å². The number of rotatable bonds is 5. The molecule has 3 aliphatic rings. The van der Waals surface area contributed by atoms with Crippen molar-refractivity contribution < 1.29 is 23.9 Å². The first-order valence-corrected chi connectivity index (χ1v) is 11.2. The molecule has 4 heterocycles. The number of pyridine rings is 1. The van der Waals surface area contributed by atoms with E-state index in [0.717, 1.165) is 19.5 Å². The van der Waals surface area contributed by atoms with Crippen molar-refractivity contribution in [2.75, 3.05) is 19.7 Å². The normalized spacial score (nSPS) is 23.2. The second-order valence-electron chi connectivity index (χ2n) is 8.98. The first-order valence-electron chi connectivity index (χ1n) is 11.2. The van der Waals surface area contributed by atoms with Gasteiger partial charge in [-0.1, -0.05) is 6.07 Å². The Kier molecular flexibility index (Phi) is 5.67. The molecule has 8 nitrogen and oxygen atoms in total. The first-order chi connectivity index (χ1) is 15.9. The van der Waals surface area contributed by atoms with Gasteiger partial charge >= 0.3 is 0 Å². The zero-order valence-electron chi connectivity index (χ0n) is 18.1. The highest BCUT2D eigenvalue weighted by atomic mass is 19.1. The van der Waals surface area contributed by atoms with Crippen molar-refractivity contribution in [2.24, 2.45) is 5.92 Å². The molecular formula is C24H25FN4O4. The molecule has 0 aliphatic carbocycles. The topological polar surface area (TPSA) is 103 Å². The van der Waals surface area contributed by atoms with E-state index in [-0.39, 0.29) is 43.0 Å². The van der Waals surface area contributed by atoms with Crippen molar-refractivity contribution in [1.82, 2.24) is 20.1 Å². The fourth-order valence-electron chi connectivity index (χ4n) is 4.98. The molecule has 0 saturated carbocycles. The number of halogens is 1. The molecule has 1 aromatic heterocycles. The number of aliphatic hydroxyl groups is 1. The molecule has 3 amide bonds. The Balaban J connectivity index is 1.37. The first kappa shape index (κ1) is 21.7. The molecule has 0 spiro atoms. The minimum atomic E-state index is -0.688. The molecule has 5 rings (SSSR count). The van der Waals surface area contributed by atoms with E-state index in [4.69, 9.17) is 0 Å². The molecule has 2 saturated heterocycles. The van der Waals surface area contributed by atoms with E-state index in [2.05, 4.69) is 15.2 Å². The largest absolute Gasteiger partial charge is 0.396 e. The van der Waals surface area contributed by atoms with E-state index >= 15 is 4.39 Å². The standard InChI is InChI=1S/C24H25FN4O4/c25-21-16(11-28-8-6-14(10-28)13-30)5-7-26-22(21)15-1-2-18-17(9-15)12-29(24(18)33)19-3-4-20(31)27-23(19)32/h1-2,5,7,9,14,19,30H,3-4,6,8,10-13H2,(H,27,31,32)/t14-,19?/m0/s1. The van der Waals surface area contributed by atoms with Gasteiger partial charge in [-0.25, -0.2) is 4.39 Å². The number of carbonyl (C=O) groups excluding carboxylic acids is 3. The predicted molar refractivity (Wildman–Crippen MR) is 116 cm³/mol. The lowest BCUT2D eigenvalue weighted by Gasteiger charge is -2.29. The van der Waals surface area contributed by atoms with E-state index in [1.807, 2.05) is 0 Å². The highest BCUT2D eigenvalue weighted by Gasteiger charge is 2.39. The van der Waals surface area contributed by atoms with Gasteiger partial charge in [0.15, 0.2) is 5.82 Å². The SMILES string of the molecule is O=C1CCC(N2Cc3cc(-c4nccc(CN5CC[C@H](CO)C5)c4F)ccc3C2=O)C(=O)N1. The van der Waals surface area contributed by atoms with Crippen molar-refractivity contribution in [2.45, 2.75) is 38.4 Å². The Morgan fingerprint density at radius 3 is 2.79 bits per heavy atom. The fraction of sp³-hybridized carbons (Fsp3) is 0.417. The zero-order valence-corrected chi connectivity index (χ0v) is 18.1. The minimum Gasteiger partial charge on any atom is -0.396 e. The lowest BCUT2D eigenvalue weighted by atomic mass is 10.0. The summed E-state index contributed by atoms with van der Waals surface area (Å²) in [7, 11) is 0. The lowest BCUT2D eigenvalue weighted by Crippen LogP contribution is -2.52. The third kappa shape index (κ3) is 4.02. The van der Waals surface area contributed by atoms with Crippen LogP contribution in [-0.2, 0) is 22.7 Å². The van der Waals surface area contributed by atoms with Crippen LogP contribution in [0, 0.1) is 11.7 Å². The van der Waals surface area contributed by atoms with Crippen LogP contribution in [0.1, 0.15) is 40.7 Å². The summed E-state index contributed by atoms with van der Waals surface area (Å²) in [5, 5.41) is 11.6. The van der Waals surface area contributed by atoms with Gasteiger partial charge in [-0.05, 0) is 49.1 Å². The third-order valence-corrected chi connectivity index (χ3v) is 6.79. The average Bonchev–Trinajstić information content (AvgIpc) is 3.39. The molecule has 1 unspecified atom stereocenters. The van der Waals surface area contributed by atoms with Gasteiger partial charge in [-0.2, -0.15) is 0 Å². The summed E-state index contributed by atoms with van der Waals surface area (Å²) in [5.41, 5.74) is 2.52. The van der Waals surface area contributed by atoms with Crippen molar-refractivity contribution in [3.63, 3.8) is 0 Å². The number of likely N-dealkylation sites (tertiary alicyclic amines) is 1. The molecule has 2 aromatic rings. The number of aliphatic hydroxyl groups excluding tert-OH is 1. The predicted octanol–water partition coefficient (Wildman–Crippen LogP) is 1.46. The molecule has 33 heavy (non-hydrogen) atoms. The number of hydrogen-bond acceptors (Lipinski definition) is 6. The van der Waals surface area contributed by atoms with Crippen molar-refractivity contribution in [1.29, 1.82) is 0 Å². The number of aromatic nitrogens is 1. The van der Waals surface area contributed by atoms with E-state index in [9.17, 15) is 19.5 Å². The van der Waals surface area contributed by atoms with Gasteiger partial charge in [0.25, 0.3) is 5.91 Å². The molecule has 2 N–H and O–H groups in total. The van der Waals surface area contributed by atoms with Crippen LogP contribution in [0.2, 0.25) is 0 Å². The summed E-state index contributed by atoms with van der Waals surface area (Å²) in [4.78, 5) is 44.4. The van der Waals surface area contributed by atoms with E-state index in [1.165, 1.54) is 4.90 Å². The second-order valence-corrected chi connectivity index (χ2v) is 8.98. The van der Waals surface area contributed by atoms with Crippen LogP contribution < -0.4 is 5.32 Å². The Morgan fingerprint density at radius 2 is 2.03 bits per heavy atom. The smallest absolute Gasteiger partial charge is 0.255 e. The Bertz CT molecular complexity index is 1140. The molecule has 1 aromatic carbocycles. The Hall–Kier alpha value is -3.17. The van der Waals surface area contributed by atoms with Crippen LogP contribution in [0.25, 0.3) is 11.3 Å². The number of benzene rings is 1. The average molecular weight is 452 g/mol. The van der Waals surface area contributed by atoms with E-state index in [1.54, 1.807) is 30.5 Å². The maximum atomic E-state index is 15.4. The molecule has 2 fully saturated rings. The number of nitrogens with one attached hydrogen (secondary N) is 1. The molecule has 0 radical (unpaired) electrons. The summed E-state index contributed by atoms with van der Waals surface area (Å²) in [5.74, 6) is -1.21. The Morgan fingerprint density at radius 1 is 1.18 bits per heavy atom. The van der Waals surface area contributed by atoms with Crippen LogP contribution >= 0.6 is 0 Å². The number of piperidine rings is 1. The number of carbonyl (C=O) groups is 3. The molecule has 3 aliphatic heterocycles. The molecule has 172 valence electrons. The Labute approximate surface area is 190 Å². The van der Waals surface area contributed by atoms with Gasteiger partial charge in [-0.3, -0.25) is 29.6 Å². The number of hydrogen-bond donors (Lipinski definition) is 2. The van der Waals surface area contributed by atoms with Crippen molar-refractivity contribution >= 4 is 17.7 Å². The molecular weight excluding hydrogens is 427 g/mol. The highest BCUT2D eigenvalue weighted by molar-refractivity contribution is 6.05. The van der Waals surface area contributed by atoms with Gasteiger partial charge in [0.2, 0.25) is 11.8 Å². The second kappa shape index (κ2) is 8.64. The number of fused-ring (bicyclic) bond motifs is 1. The van der Waals surface area contributed by atoms with E-state index < -0.39 is 17.8 Å². The summed E-state index contributed by atoms with van der Waals surface area (Å²) in [6.07, 6.45) is 2.98. The summed E-state index contributed by atoms with van der Waals surface area (Å²) < 4.78 is 15.4. The van der Waals surface area contributed by atoms with Gasteiger partial charge in [0.1, 0.15) is 11.7 Å². The summed E-state index contributed by atoms with van der Waals surface area (Å²) >= 11 is 0. The number of amides is 3. The van der Waals surface area contributed by atoms with Crippen molar-refractivity contribution in [3.05, 3.63) is 53.0 Å². The monoisotopic (exact) mass is 452 g/mol. The third-order valence-electron chi connectivity index (χ3n) is 6.79. The fourth-order valence-corrected chi connectivity index (χ4v) is 4.98. The van der Waals surface area contributed by atoms with Crippen LogP contribution in [0.4, 0.5) is 4.39 Å². The van der Waals surface area contributed by atoms with E-state index in [0.29, 0.717) is 35.2 Å². The number of nitrogens with zero attached hydrogens (tertiary/aromatic N) is 3. The molecule has 0 bridgehead atoms. The van der Waals surface area contributed by atoms with Crippen LogP contribution in [0.15, 0.2) is 30.5 Å². The number of imide groups is 1. The summed E-state index contributed by atoms with van der Waals surface area (Å²) in [6, 6.07) is 6.07. The zero-order chi connectivity index (χ0) is 23.1. The van der Waals surface area contributed by atoms with Crippen LogP contribution in [-0.4, -0.2) is 63.4 Å². The molecule has 9 heteroatoms. The summed E-state index contributed by atoms with van der Waals surface area (Å²) in [6.45, 7) is 2.38. The van der Waals surface area contributed by atoms with Gasteiger partial charge in [0.05, 0.1) is 0 Å². The highest BCUT2D eigenvalue weighted by Crippen LogP contribution is 2.32. The quantitative estimate of drug-likeness (QED) is 0.666. The van der Waals surface area contributed by atoms with Crippen LogP contribution in [0.3, 0.4) is 0 Å². The van der Waals surface area contributed by atoms with Crippen LogP contribution in [0.5, 0.6) is 0 Å². The van der Waals surface area contributed by atoms with Gasteiger partial charge in [0, 0.05) is 55.5 Å². The van der Waals surface area contributed by atoms with Gasteiger partial charge in [-0.15, -0.1) is 0 Å². The maximum Gasteiger partial charge on any atom is 0.255 e.